The van der Waals surface area contributed by atoms with E-state index in [1.54, 1.807) is 0 Å². The Kier molecular flexibility index (Phi) is 5.81. The van der Waals surface area contributed by atoms with E-state index in [0.717, 1.165) is 0 Å². The van der Waals surface area contributed by atoms with Gasteiger partial charge in [-0.1, -0.05) is 6.92 Å². The van der Waals surface area contributed by atoms with Crippen molar-refractivity contribution in [1.82, 2.24) is 5.32 Å². The van der Waals surface area contributed by atoms with E-state index in [4.69, 9.17) is 5.26 Å². The van der Waals surface area contributed by atoms with Crippen LogP contribution in [-0.2, 0) is 17.3 Å². The Morgan fingerprint density at radius 1 is 1.53 bits per heavy atom. The van der Waals surface area contributed by atoms with Crippen molar-refractivity contribution in [3.63, 3.8) is 0 Å². The predicted octanol–water partition coefficient (Wildman–Crippen LogP) is 1.56. The highest BCUT2D eigenvalue weighted by molar-refractivity contribution is 7.84. The molecule has 1 atom stereocenters. The van der Waals surface area contributed by atoms with Crippen LogP contribution in [0.2, 0.25) is 0 Å². The monoisotopic (exact) mass is 254 g/mol. The molecule has 0 saturated heterocycles. The fraction of sp³-hybridized carbons (Fsp3) is 0.417. The molecule has 1 aromatic carbocycles. The third-order valence-corrected chi connectivity index (χ3v) is 3.64. The van der Waals surface area contributed by atoms with Crippen molar-refractivity contribution in [2.45, 2.75) is 13.5 Å². The Balaban J connectivity index is 2.49. The Bertz CT molecular complexity index is 443. The van der Waals surface area contributed by atoms with Crippen LogP contribution >= 0.6 is 0 Å². The summed E-state index contributed by atoms with van der Waals surface area (Å²) in [6, 6.07) is 6.11. The van der Waals surface area contributed by atoms with Crippen LogP contribution in [0.3, 0.4) is 0 Å². The minimum atomic E-state index is -0.798. The Hall–Kier alpha value is -1.25. The molecule has 1 rings (SSSR count). The van der Waals surface area contributed by atoms with E-state index in [1.807, 2.05) is 13.0 Å². The van der Waals surface area contributed by atoms with Gasteiger partial charge in [-0.05, 0) is 23.8 Å². The normalized spacial score (nSPS) is 12.1. The lowest BCUT2D eigenvalue weighted by Crippen LogP contribution is -2.21. The molecule has 0 aliphatic rings. The Morgan fingerprint density at radius 2 is 2.29 bits per heavy atom. The average molecular weight is 254 g/mol. The first-order valence-corrected chi connectivity index (χ1v) is 6.90. The molecule has 0 heterocycles. The highest BCUT2D eigenvalue weighted by atomic mass is 32.2. The van der Waals surface area contributed by atoms with E-state index in [1.165, 1.54) is 18.2 Å². The topological polar surface area (TPSA) is 52.9 Å². The second kappa shape index (κ2) is 7.15. The molecule has 0 aliphatic carbocycles. The van der Waals surface area contributed by atoms with Crippen LogP contribution in [0.15, 0.2) is 18.2 Å². The van der Waals surface area contributed by atoms with E-state index in [-0.39, 0.29) is 5.82 Å². The second-order valence-corrected chi connectivity index (χ2v) is 5.39. The van der Waals surface area contributed by atoms with Crippen LogP contribution in [-0.4, -0.2) is 22.3 Å². The van der Waals surface area contributed by atoms with Crippen LogP contribution in [0.1, 0.15) is 18.1 Å². The SMILES string of the molecule is CCS(=O)CCNCc1cc(F)ccc1C#N. The Morgan fingerprint density at radius 3 is 2.94 bits per heavy atom. The molecule has 17 heavy (non-hydrogen) atoms. The molecule has 0 aromatic heterocycles. The molecular formula is C12H15FN2OS. The zero-order valence-electron chi connectivity index (χ0n) is 9.70. The van der Waals surface area contributed by atoms with Gasteiger partial charge in [0, 0.05) is 35.4 Å². The number of nitrogens with one attached hydrogen (secondary N) is 1. The molecule has 3 nitrogen and oxygen atoms in total. The fourth-order valence-corrected chi connectivity index (χ4v) is 2.03. The molecule has 5 heteroatoms. The smallest absolute Gasteiger partial charge is 0.123 e. The summed E-state index contributed by atoms with van der Waals surface area (Å²) in [5, 5.41) is 11.9. The number of benzene rings is 1. The number of halogens is 1. The molecule has 1 N–H and O–H groups in total. The van der Waals surface area contributed by atoms with Crippen LogP contribution < -0.4 is 5.32 Å². The third kappa shape index (κ3) is 4.63. The molecule has 0 radical (unpaired) electrons. The molecule has 1 aromatic rings. The van der Waals surface area contributed by atoms with Crippen LogP contribution in [0.5, 0.6) is 0 Å². The summed E-state index contributed by atoms with van der Waals surface area (Å²) in [6.07, 6.45) is 0. The standard InChI is InChI=1S/C12H15FN2OS/c1-2-17(16)6-5-15-9-11-7-12(13)4-3-10(11)8-14/h3-4,7,15H,2,5-6,9H2,1H3. The zero-order chi connectivity index (χ0) is 12.7. The second-order valence-electron chi connectivity index (χ2n) is 3.52. The lowest BCUT2D eigenvalue weighted by molar-refractivity contribution is 0.621. The van der Waals surface area contributed by atoms with Gasteiger partial charge in [0.05, 0.1) is 11.6 Å². The van der Waals surface area contributed by atoms with Crippen molar-refractivity contribution >= 4 is 10.8 Å². The van der Waals surface area contributed by atoms with Gasteiger partial charge < -0.3 is 5.32 Å². The van der Waals surface area contributed by atoms with Gasteiger partial charge in [0.25, 0.3) is 0 Å². The number of nitriles is 1. The quantitative estimate of drug-likeness (QED) is 0.784. The van der Waals surface area contributed by atoms with Gasteiger partial charge in [0.15, 0.2) is 0 Å². The first-order chi connectivity index (χ1) is 8.17. The summed E-state index contributed by atoms with van der Waals surface area (Å²) in [5.41, 5.74) is 1.10. The molecule has 0 amide bonds. The summed E-state index contributed by atoms with van der Waals surface area (Å²) < 4.78 is 24.1. The minimum absolute atomic E-state index is 0.349. The molecule has 0 spiro atoms. The van der Waals surface area contributed by atoms with E-state index in [9.17, 15) is 8.60 Å². The summed E-state index contributed by atoms with van der Waals surface area (Å²) >= 11 is 0. The third-order valence-electron chi connectivity index (χ3n) is 2.33. The van der Waals surface area contributed by atoms with Crippen LogP contribution in [0, 0.1) is 17.1 Å². The largest absolute Gasteiger partial charge is 0.312 e. The maximum Gasteiger partial charge on any atom is 0.123 e. The number of hydrogen-bond acceptors (Lipinski definition) is 3. The average Bonchev–Trinajstić information content (AvgIpc) is 2.34. The van der Waals surface area contributed by atoms with Gasteiger partial charge >= 0.3 is 0 Å². The van der Waals surface area contributed by atoms with Crippen molar-refractivity contribution in [2.24, 2.45) is 0 Å². The molecule has 0 saturated carbocycles. The number of hydrogen-bond donors (Lipinski definition) is 1. The molecule has 92 valence electrons. The van der Waals surface area contributed by atoms with Crippen LogP contribution in [0.4, 0.5) is 4.39 Å². The zero-order valence-corrected chi connectivity index (χ0v) is 10.5. The molecule has 0 fully saturated rings. The van der Waals surface area contributed by atoms with Crippen LogP contribution in [0.25, 0.3) is 0 Å². The van der Waals surface area contributed by atoms with Crippen molar-refractivity contribution in [1.29, 1.82) is 5.26 Å². The van der Waals surface area contributed by atoms with E-state index in [0.29, 0.717) is 35.7 Å². The summed E-state index contributed by atoms with van der Waals surface area (Å²) in [4.78, 5) is 0. The summed E-state index contributed by atoms with van der Waals surface area (Å²) in [5.74, 6) is 0.872. The maximum absolute atomic E-state index is 13.0. The molecule has 0 aliphatic heterocycles. The van der Waals surface area contributed by atoms with Gasteiger partial charge in [-0.25, -0.2) is 4.39 Å². The van der Waals surface area contributed by atoms with E-state index in [2.05, 4.69) is 5.32 Å². The van der Waals surface area contributed by atoms with E-state index >= 15 is 0 Å². The lowest BCUT2D eigenvalue weighted by Gasteiger charge is -2.06. The Labute approximate surface area is 103 Å². The van der Waals surface area contributed by atoms with Gasteiger partial charge in [-0.2, -0.15) is 5.26 Å². The van der Waals surface area contributed by atoms with Gasteiger partial charge in [0.1, 0.15) is 5.82 Å². The minimum Gasteiger partial charge on any atom is -0.312 e. The van der Waals surface area contributed by atoms with Gasteiger partial charge in [-0.3, -0.25) is 4.21 Å². The van der Waals surface area contributed by atoms with Crippen molar-refractivity contribution in [3.8, 4) is 6.07 Å². The lowest BCUT2D eigenvalue weighted by atomic mass is 10.1. The molecule has 0 bridgehead atoms. The maximum atomic E-state index is 13.0. The molecular weight excluding hydrogens is 239 g/mol. The van der Waals surface area contributed by atoms with Gasteiger partial charge in [0.2, 0.25) is 0 Å². The highest BCUT2D eigenvalue weighted by Crippen LogP contribution is 2.09. The predicted molar refractivity (Wildman–Crippen MR) is 66.4 cm³/mol. The number of nitrogens with zero attached hydrogens (tertiary/aromatic N) is 1. The molecule has 1 unspecified atom stereocenters. The fourth-order valence-electron chi connectivity index (χ4n) is 1.37. The first kappa shape index (κ1) is 13.8. The van der Waals surface area contributed by atoms with Gasteiger partial charge in [-0.15, -0.1) is 0 Å². The number of rotatable bonds is 6. The van der Waals surface area contributed by atoms with Crippen molar-refractivity contribution in [3.05, 3.63) is 35.1 Å². The summed E-state index contributed by atoms with van der Waals surface area (Å²) in [6.45, 7) is 2.89. The van der Waals surface area contributed by atoms with Crippen molar-refractivity contribution in [2.75, 3.05) is 18.1 Å². The summed E-state index contributed by atoms with van der Waals surface area (Å²) in [7, 11) is -0.798. The highest BCUT2D eigenvalue weighted by Gasteiger charge is 2.03. The van der Waals surface area contributed by atoms with E-state index < -0.39 is 10.8 Å². The first-order valence-electron chi connectivity index (χ1n) is 5.41. The van der Waals surface area contributed by atoms with Crippen molar-refractivity contribution < 1.29 is 8.60 Å².